The Morgan fingerprint density at radius 1 is 1.17 bits per heavy atom. The topological polar surface area (TPSA) is 76.4 Å². The van der Waals surface area contributed by atoms with E-state index in [1.54, 1.807) is 0 Å². The molecule has 1 fully saturated rings. The summed E-state index contributed by atoms with van der Waals surface area (Å²) >= 11 is 0. The number of guanidine groups is 1. The van der Waals surface area contributed by atoms with E-state index in [4.69, 9.17) is 9.73 Å². The second-order valence-electron chi connectivity index (χ2n) is 8.32. The average Bonchev–Trinajstić information content (AvgIpc) is 3.20. The number of hydrogen-bond donors (Lipinski definition) is 2. The Balaban J connectivity index is 1.40. The van der Waals surface area contributed by atoms with Crippen LogP contribution >= 0.6 is 0 Å². The van der Waals surface area contributed by atoms with Gasteiger partial charge in [0, 0.05) is 38.6 Å². The van der Waals surface area contributed by atoms with Crippen LogP contribution in [0.3, 0.4) is 0 Å². The molecule has 7 heteroatoms. The quantitative estimate of drug-likeness (QED) is 0.565. The summed E-state index contributed by atoms with van der Waals surface area (Å²) in [7, 11) is 0. The summed E-state index contributed by atoms with van der Waals surface area (Å²) in [5.74, 6) is 3.31. The van der Waals surface area contributed by atoms with Crippen LogP contribution in [-0.4, -0.2) is 40.4 Å². The van der Waals surface area contributed by atoms with E-state index < -0.39 is 0 Å². The zero-order valence-corrected chi connectivity index (χ0v) is 18.2. The molecule has 0 bridgehead atoms. The Kier molecular flexibility index (Phi) is 7.00. The van der Waals surface area contributed by atoms with Gasteiger partial charge in [-0.25, -0.2) is 4.99 Å². The fourth-order valence-electron chi connectivity index (χ4n) is 4.38. The van der Waals surface area contributed by atoms with Gasteiger partial charge >= 0.3 is 0 Å². The molecule has 2 aromatic rings. The van der Waals surface area contributed by atoms with Crippen molar-refractivity contribution < 1.29 is 4.74 Å². The molecule has 0 aliphatic carbocycles. The van der Waals surface area contributed by atoms with Gasteiger partial charge < -0.3 is 19.9 Å². The summed E-state index contributed by atoms with van der Waals surface area (Å²) < 4.78 is 8.40. The molecule has 1 saturated heterocycles. The maximum Gasteiger partial charge on any atom is 0.191 e. The molecule has 4 rings (SSSR count). The number of ether oxygens (including phenoxy) is 1. The molecule has 7 nitrogen and oxygen atoms in total. The Hall–Kier alpha value is -2.41. The van der Waals surface area contributed by atoms with Crippen molar-refractivity contribution in [2.45, 2.75) is 65.1 Å². The number of nitrogens with one attached hydrogen (secondary N) is 2. The predicted molar refractivity (Wildman–Crippen MR) is 118 cm³/mol. The van der Waals surface area contributed by atoms with Crippen LogP contribution in [0.15, 0.2) is 29.3 Å². The normalized spacial score (nSPS) is 21.9. The van der Waals surface area contributed by atoms with Crippen molar-refractivity contribution >= 4 is 5.96 Å². The van der Waals surface area contributed by atoms with Gasteiger partial charge in [0.2, 0.25) is 0 Å². The molecule has 0 radical (unpaired) electrons. The maximum absolute atomic E-state index is 6.17. The van der Waals surface area contributed by atoms with E-state index in [0.717, 1.165) is 63.1 Å². The van der Waals surface area contributed by atoms with Crippen molar-refractivity contribution in [2.75, 3.05) is 19.7 Å². The highest BCUT2D eigenvalue weighted by Crippen LogP contribution is 2.33. The van der Waals surface area contributed by atoms with Crippen molar-refractivity contribution in [3.8, 4) is 0 Å². The number of nitrogens with zero attached hydrogens (tertiary/aromatic N) is 4. The molecule has 2 unspecified atom stereocenters. The number of fused-ring (bicyclic) bond motifs is 1. The smallest absolute Gasteiger partial charge is 0.191 e. The van der Waals surface area contributed by atoms with E-state index in [1.165, 1.54) is 24.0 Å². The van der Waals surface area contributed by atoms with Crippen LogP contribution in [0.25, 0.3) is 0 Å². The SMILES string of the molecule is CCNC(=NCc1nnc2n1CCCC2)NCC1CCCOC1c1ccc(C)cc1. The van der Waals surface area contributed by atoms with Crippen LogP contribution in [0.4, 0.5) is 0 Å². The molecule has 2 N–H and O–H groups in total. The van der Waals surface area contributed by atoms with Gasteiger partial charge in [0.15, 0.2) is 11.8 Å². The monoisotopic (exact) mass is 410 g/mol. The van der Waals surface area contributed by atoms with E-state index in [2.05, 4.69) is 63.5 Å². The van der Waals surface area contributed by atoms with Crippen LogP contribution in [0.1, 0.15) is 61.5 Å². The third-order valence-electron chi connectivity index (χ3n) is 6.04. The van der Waals surface area contributed by atoms with Crippen molar-refractivity contribution in [1.29, 1.82) is 0 Å². The number of rotatable bonds is 6. The Morgan fingerprint density at radius 3 is 2.87 bits per heavy atom. The molecule has 3 heterocycles. The van der Waals surface area contributed by atoms with Gasteiger partial charge in [-0.3, -0.25) is 0 Å². The lowest BCUT2D eigenvalue weighted by Crippen LogP contribution is -2.42. The van der Waals surface area contributed by atoms with Gasteiger partial charge in [-0.15, -0.1) is 10.2 Å². The minimum absolute atomic E-state index is 0.137. The third-order valence-corrected chi connectivity index (χ3v) is 6.04. The lowest BCUT2D eigenvalue weighted by atomic mass is 9.89. The molecule has 2 aliphatic rings. The molecule has 2 atom stereocenters. The molecule has 1 aromatic heterocycles. The standard InChI is InChI=1S/C23H34N6O/c1-3-24-23(26-16-21-28-27-20-8-4-5-13-29(20)21)25-15-19-7-6-14-30-22(19)18-11-9-17(2)10-12-18/h9-12,19,22H,3-8,13-16H2,1-2H3,(H2,24,25,26). The summed E-state index contributed by atoms with van der Waals surface area (Å²) in [6.45, 7) is 8.26. The molecule has 2 aliphatic heterocycles. The fourth-order valence-corrected chi connectivity index (χ4v) is 4.38. The Morgan fingerprint density at radius 2 is 2.03 bits per heavy atom. The van der Waals surface area contributed by atoms with Crippen LogP contribution in [0, 0.1) is 12.8 Å². The first-order valence-electron chi connectivity index (χ1n) is 11.4. The van der Waals surface area contributed by atoms with E-state index in [-0.39, 0.29) is 6.10 Å². The highest BCUT2D eigenvalue weighted by Gasteiger charge is 2.27. The summed E-state index contributed by atoms with van der Waals surface area (Å²) in [5, 5.41) is 15.6. The molecule has 0 amide bonds. The van der Waals surface area contributed by atoms with E-state index >= 15 is 0 Å². The molecule has 1 aromatic carbocycles. The van der Waals surface area contributed by atoms with Crippen LogP contribution in [0.5, 0.6) is 0 Å². The number of aliphatic imine (C=N–C) groups is 1. The molecule has 162 valence electrons. The molecular formula is C23H34N6O. The molecule has 0 saturated carbocycles. The van der Waals surface area contributed by atoms with E-state index in [9.17, 15) is 0 Å². The van der Waals surface area contributed by atoms with Crippen LogP contribution < -0.4 is 10.6 Å². The van der Waals surface area contributed by atoms with Crippen LogP contribution in [-0.2, 0) is 24.2 Å². The molecule has 0 spiro atoms. The number of aromatic nitrogens is 3. The van der Waals surface area contributed by atoms with Crippen molar-refractivity contribution in [2.24, 2.45) is 10.9 Å². The summed E-state index contributed by atoms with van der Waals surface area (Å²) in [4.78, 5) is 4.79. The summed E-state index contributed by atoms with van der Waals surface area (Å²) in [6, 6.07) is 8.74. The average molecular weight is 411 g/mol. The lowest BCUT2D eigenvalue weighted by Gasteiger charge is -2.32. The highest BCUT2D eigenvalue weighted by atomic mass is 16.5. The fraction of sp³-hybridized carbons (Fsp3) is 0.609. The first kappa shape index (κ1) is 20.8. The van der Waals surface area contributed by atoms with Gasteiger partial charge in [-0.1, -0.05) is 29.8 Å². The molecule has 30 heavy (non-hydrogen) atoms. The van der Waals surface area contributed by atoms with Crippen molar-refractivity contribution in [1.82, 2.24) is 25.4 Å². The van der Waals surface area contributed by atoms with Gasteiger partial charge in [0.25, 0.3) is 0 Å². The third kappa shape index (κ3) is 5.01. The zero-order valence-electron chi connectivity index (χ0n) is 18.2. The minimum atomic E-state index is 0.137. The van der Waals surface area contributed by atoms with Gasteiger partial charge in [0.05, 0.1) is 6.10 Å². The van der Waals surface area contributed by atoms with E-state index in [1.807, 2.05) is 0 Å². The molecular weight excluding hydrogens is 376 g/mol. The van der Waals surface area contributed by atoms with Crippen molar-refractivity contribution in [3.05, 3.63) is 47.0 Å². The van der Waals surface area contributed by atoms with Crippen LogP contribution in [0.2, 0.25) is 0 Å². The number of hydrogen-bond acceptors (Lipinski definition) is 4. The summed E-state index contributed by atoms with van der Waals surface area (Å²) in [6.07, 6.45) is 5.83. The van der Waals surface area contributed by atoms with Crippen molar-refractivity contribution in [3.63, 3.8) is 0 Å². The first-order chi connectivity index (χ1) is 14.7. The maximum atomic E-state index is 6.17. The Bertz CT molecular complexity index is 844. The second kappa shape index (κ2) is 10.1. The second-order valence-corrected chi connectivity index (χ2v) is 8.32. The largest absolute Gasteiger partial charge is 0.373 e. The highest BCUT2D eigenvalue weighted by molar-refractivity contribution is 5.79. The number of aryl methyl sites for hydroxylation is 2. The van der Waals surface area contributed by atoms with Gasteiger partial charge in [-0.05, 0) is 45.1 Å². The summed E-state index contributed by atoms with van der Waals surface area (Å²) in [5.41, 5.74) is 2.55. The lowest BCUT2D eigenvalue weighted by molar-refractivity contribution is -0.0265. The Labute approximate surface area is 179 Å². The van der Waals surface area contributed by atoms with Gasteiger partial charge in [-0.2, -0.15) is 0 Å². The number of benzene rings is 1. The minimum Gasteiger partial charge on any atom is -0.373 e. The predicted octanol–water partition coefficient (Wildman–Crippen LogP) is 3.15. The zero-order chi connectivity index (χ0) is 20.8. The first-order valence-corrected chi connectivity index (χ1v) is 11.4. The van der Waals surface area contributed by atoms with Gasteiger partial charge in [0.1, 0.15) is 12.4 Å². The van der Waals surface area contributed by atoms with E-state index in [0.29, 0.717) is 12.5 Å².